The lowest BCUT2D eigenvalue weighted by molar-refractivity contribution is 0.238. The van der Waals surface area contributed by atoms with Crippen molar-refractivity contribution in [2.75, 3.05) is 0 Å². The fourth-order valence-electron chi connectivity index (χ4n) is 1.36. The summed E-state index contributed by atoms with van der Waals surface area (Å²) >= 11 is 0. The lowest BCUT2D eigenvalue weighted by Gasteiger charge is -2.13. The molecule has 0 saturated heterocycles. The topological polar surface area (TPSA) is 56.5 Å². The maximum absolute atomic E-state index is 11.3. The van der Waals surface area contributed by atoms with Crippen LogP contribution in [0.15, 0.2) is 32.4 Å². The summed E-state index contributed by atoms with van der Waals surface area (Å²) in [6.45, 7) is 3.59. The summed E-state index contributed by atoms with van der Waals surface area (Å²) in [5.41, 5.74) is -0.866. The van der Waals surface area contributed by atoms with Gasteiger partial charge in [0, 0.05) is 0 Å². The van der Waals surface area contributed by atoms with Crippen molar-refractivity contribution in [1.82, 2.24) is 0 Å². The Morgan fingerprint density at radius 1 is 1.27 bits per heavy atom. The SMILES string of the molecule is CC(C)Oc1c(-c2ccco2)c(=O)c1=O. The Morgan fingerprint density at radius 3 is 2.53 bits per heavy atom. The van der Waals surface area contributed by atoms with Crippen LogP contribution >= 0.6 is 0 Å². The Kier molecular flexibility index (Phi) is 2.19. The van der Waals surface area contributed by atoms with Crippen molar-refractivity contribution in [3.63, 3.8) is 0 Å². The molecule has 0 atom stereocenters. The number of furan rings is 1. The van der Waals surface area contributed by atoms with E-state index in [0.29, 0.717) is 5.76 Å². The highest BCUT2D eigenvalue weighted by atomic mass is 16.5. The predicted octanol–water partition coefficient (Wildman–Crippen LogP) is 1.33. The maximum Gasteiger partial charge on any atom is 0.269 e. The Bertz CT molecular complexity index is 527. The molecule has 1 aromatic carbocycles. The molecule has 1 aromatic heterocycles. The summed E-state index contributed by atoms with van der Waals surface area (Å²) in [4.78, 5) is 22.5. The van der Waals surface area contributed by atoms with Crippen molar-refractivity contribution >= 4 is 0 Å². The molecular weight excluding hydrogens is 196 g/mol. The third-order valence-corrected chi connectivity index (χ3v) is 1.99. The monoisotopic (exact) mass is 206 g/mol. The van der Waals surface area contributed by atoms with Gasteiger partial charge in [0.1, 0.15) is 11.3 Å². The zero-order valence-corrected chi connectivity index (χ0v) is 8.44. The summed E-state index contributed by atoms with van der Waals surface area (Å²) in [5.74, 6) is 0.500. The molecule has 15 heavy (non-hydrogen) atoms. The Labute approximate surface area is 85.8 Å². The molecule has 0 spiro atoms. The van der Waals surface area contributed by atoms with Crippen molar-refractivity contribution in [2.45, 2.75) is 20.0 Å². The van der Waals surface area contributed by atoms with E-state index in [-0.39, 0.29) is 17.4 Å². The second kappa shape index (κ2) is 3.38. The van der Waals surface area contributed by atoms with Crippen molar-refractivity contribution in [1.29, 1.82) is 0 Å². The summed E-state index contributed by atoms with van der Waals surface area (Å²) in [5, 5.41) is 0. The van der Waals surface area contributed by atoms with Gasteiger partial charge in [-0.3, -0.25) is 9.59 Å². The van der Waals surface area contributed by atoms with E-state index in [9.17, 15) is 9.59 Å². The molecule has 4 nitrogen and oxygen atoms in total. The fourth-order valence-corrected chi connectivity index (χ4v) is 1.36. The minimum absolute atomic E-state index is 0.116. The zero-order valence-electron chi connectivity index (χ0n) is 8.44. The molecule has 1 heterocycles. The second-order valence-corrected chi connectivity index (χ2v) is 3.51. The van der Waals surface area contributed by atoms with Gasteiger partial charge in [-0.05, 0) is 26.0 Å². The first-order chi connectivity index (χ1) is 7.11. The van der Waals surface area contributed by atoms with E-state index < -0.39 is 10.9 Å². The average molecular weight is 206 g/mol. The van der Waals surface area contributed by atoms with Crippen LogP contribution in [0.3, 0.4) is 0 Å². The average Bonchev–Trinajstić information content (AvgIpc) is 2.69. The first-order valence-electron chi connectivity index (χ1n) is 4.65. The molecular formula is C11H10O4. The van der Waals surface area contributed by atoms with Crippen molar-refractivity contribution in [3.8, 4) is 17.1 Å². The first-order valence-corrected chi connectivity index (χ1v) is 4.65. The van der Waals surface area contributed by atoms with E-state index in [4.69, 9.17) is 9.15 Å². The molecule has 0 unspecified atom stereocenters. The molecule has 0 aliphatic carbocycles. The van der Waals surface area contributed by atoms with Crippen LogP contribution in [-0.2, 0) is 0 Å². The molecule has 0 N–H and O–H groups in total. The molecule has 2 aromatic rings. The molecule has 78 valence electrons. The first kappa shape index (κ1) is 9.71. The van der Waals surface area contributed by atoms with Crippen LogP contribution in [-0.4, -0.2) is 6.10 Å². The van der Waals surface area contributed by atoms with Gasteiger partial charge in [0.15, 0.2) is 5.75 Å². The van der Waals surface area contributed by atoms with E-state index in [2.05, 4.69) is 0 Å². The number of rotatable bonds is 3. The minimum atomic E-state index is -0.574. The lowest BCUT2D eigenvalue weighted by atomic mass is 10.1. The predicted molar refractivity (Wildman–Crippen MR) is 54.8 cm³/mol. The van der Waals surface area contributed by atoms with E-state index >= 15 is 0 Å². The van der Waals surface area contributed by atoms with Crippen LogP contribution in [0.5, 0.6) is 5.75 Å². The number of hydrogen-bond donors (Lipinski definition) is 0. The van der Waals surface area contributed by atoms with E-state index in [1.807, 2.05) is 0 Å². The number of hydrogen-bond acceptors (Lipinski definition) is 4. The van der Waals surface area contributed by atoms with Crippen LogP contribution in [0, 0.1) is 0 Å². The highest BCUT2D eigenvalue weighted by molar-refractivity contribution is 5.69. The normalized spacial score (nSPS) is 11.1. The van der Waals surface area contributed by atoms with Gasteiger partial charge in [0.25, 0.3) is 5.43 Å². The van der Waals surface area contributed by atoms with Crippen LogP contribution in [0.2, 0.25) is 0 Å². The van der Waals surface area contributed by atoms with Gasteiger partial charge < -0.3 is 9.15 Å². The van der Waals surface area contributed by atoms with Gasteiger partial charge >= 0.3 is 0 Å². The molecule has 0 bridgehead atoms. The molecule has 0 aliphatic heterocycles. The molecule has 0 fully saturated rings. The van der Waals surface area contributed by atoms with E-state index in [0.717, 1.165) is 0 Å². The Balaban J connectivity index is 2.46. The van der Waals surface area contributed by atoms with E-state index in [1.165, 1.54) is 6.26 Å². The fraction of sp³-hybridized carbons (Fsp3) is 0.273. The Morgan fingerprint density at radius 2 is 2.00 bits per heavy atom. The minimum Gasteiger partial charge on any atom is -0.486 e. The maximum atomic E-state index is 11.3. The van der Waals surface area contributed by atoms with Gasteiger partial charge in [-0.25, -0.2) is 0 Å². The van der Waals surface area contributed by atoms with Crippen molar-refractivity contribution < 1.29 is 9.15 Å². The lowest BCUT2D eigenvalue weighted by Crippen LogP contribution is -2.35. The third kappa shape index (κ3) is 1.48. The third-order valence-electron chi connectivity index (χ3n) is 1.99. The van der Waals surface area contributed by atoms with Gasteiger partial charge in [0.05, 0.1) is 12.4 Å². The largest absolute Gasteiger partial charge is 0.486 e. The summed E-state index contributed by atoms with van der Waals surface area (Å²) in [6, 6.07) is 3.29. The molecule has 0 aliphatic rings. The van der Waals surface area contributed by atoms with Gasteiger partial charge in [-0.15, -0.1) is 0 Å². The smallest absolute Gasteiger partial charge is 0.269 e. The van der Waals surface area contributed by atoms with Crippen molar-refractivity contribution in [3.05, 3.63) is 38.8 Å². The highest BCUT2D eigenvalue weighted by Crippen LogP contribution is 2.26. The number of ether oxygens (including phenoxy) is 1. The quantitative estimate of drug-likeness (QED) is 0.711. The molecule has 0 amide bonds. The Hall–Kier alpha value is -1.84. The van der Waals surface area contributed by atoms with Crippen LogP contribution in [0.4, 0.5) is 0 Å². The highest BCUT2D eigenvalue weighted by Gasteiger charge is 2.26. The van der Waals surface area contributed by atoms with Gasteiger partial charge in [0.2, 0.25) is 5.43 Å². The van der Waals surface area contributed by atoms with Gasteiger partial charge in [-0.1, -0.05) is 0 Å². The van der Waals surface area contributed by atoms with Gasteiger partial charge in [-0.2, -0.15) is 0 Å². The molecule has 2 rings (SSSR count). The molecule has 0 radical (unpaired) electrons. The van der Waals surface area contributed by atoms with Crippen LogP contribution in [0.25, 0.3) is 11.3 Å². The summed E-state index contributed by atoms with van der Waals surface area (Å²) < 4.78 is 10.3. The molecule has 0 saturated carbocycles. The zero-order chi connectivity index (χ0) is 11.0. The summed E-state index contributed by atoms with van der Waals surface area (Å²) in [6.07, 6.45) is 1.31. The summed E-state index contributed by atoms with van der Waals surface area (Å²) in [7, 11) is 0. The van der Waals surface area contributed by atoms with Crippen molar-refractivity contribution in [2.24, 2.45) is 0 Å². The van der Waals surface area contributed by atoms with Crippen LogP contribution < -0.4 is 15.6 Å². The molecule has 4 heteroatoms. The second-order valence-electron chi connectivity index (χ2n) is 3.51. The van der Waals surface area contributed by atoms with E-state index in [1.54, 1.807) is 26.0 Å². The van der Waals surface area contributed by atoms with Crippen LogP contribution in [0.1, 0.15) is 13.8 Å². The standard InChI is InChI=1S/C11H10O4/c1-6(2)15-11-8(9(12)10(11)13)7-4-3-5-14-7/h3-6H,1-2H3.